The van der Waals surface area contributed by atoms with Gasteiger partial charge in [-0.2, -0.15) is 0 Å². The molecule has 1 fully saturated rings. The van der Waals surface area contributed by atoms with Gasteiger partial charge in [-0.15, -0.1) is 0 Å². The van der Waals surface area contributed by atoms with Crippen molar-refractivity contribution < 1.29 is 24.5 Å². The summed E-state index contributed by atoms with van der Waals surface area (Å²) in [5.74, 6) is -2.74. The van der Waals surface area contributed by atoms with Crippen molar-refractivity contribution in [3.8, 4) is 0 Å². The van der Waals surface area contributed by atoms with E-state index < -0.39 is 17.4 Å². The predicted octanol–water partition coefficient (Wildman–Crippen LogP) is 2.91. The number of rotatable bonds is 3. The maximum absolute atomic E-state index is 12.5. The number of hydrogen-bond acceptors (Lipinski definition) is 6. The third-order valence-electron chi connectivity index (χ3n) is 5.63. The monoisotopic (exact) mass is 426 g/mol. The number of carbonyl (C=O) groups excluding carboxylic acids is 1. The molecule has 166 valence electrons. The van der Waals surface area contributed by atoms with Gasteiger partial charge >= 0.3 is 6.09 Å². The van der Waals surface area contributed by atoms with E-state index in [0.717, 1.165) is 16.8 Å². The maximum Gasteiger partial charge on any atom is 0.410 e. The van der Waals surface area contributed by atoms with Crippen LogP contribution in [-0.2, 0) is 9.47 Å². The molecular formula is C24H30N2O5. The van der Waals surface area contributed by atoms with Gasteiger partial charge in [-0.25, -0.2) is 4.79 Å². The number of aliphatic hydroxyl groups is 2. The molecule has 1 amide bonds. The highest BCUT2D eigenvalue weighted by Crippen LogP contribution is 2.48. The second kappa shape index (κ2) is 8.15. The minimum Gasteiger partial charge on any atom is -0.444 e. The van der Waals surface area contributed by atoms with E-state index in [2.05, 4.69) is 0 Å². The van der Waals surface area contributed by atoms with E-state index in [1.807, 2.05) is 75.4 Å². The summed E-state index contributed by atoms with van der Waals surface area (Å²) in [6.45, 7) is 6.86. The van der Waals surface area contributed by atoms with Crippen LogP contribution in [0, 0.1) is 0 Å². The lowest BCUT2D eigenvalue weighted by Crippen LogP contribution is -2.56. The van der Waals surface area contributed by atoms with Gasteiger partial charge in [0.05, 0.1) is 31.7 Å². The molecule has 2 aliphatic rings. The van der Waals surface area contributed by atoms with E-state index in [9.17, 15) is 15.0 Å². The van der Waals surface area contributed by atoms with Gasteiger partial charge in [0.15, 0.2) is 0 Å². The van der Waals surface area contributed by atoms with E-state index >= 15 is 0 Å². The highest BCUT2D eigenvalue weighted by atomic mass is 16.6. The van der Waals surface area contributed by atoms with Crippen LogP contribution < -0.4 is 4.90 Å². The zero-order valence-electron chi connectivity index (χ0n) is 18.2. The van der Waals surface area contributed by atoms with Crippen molar-refractivity contribution in [2.75, 3.05) is 31.1 Å². The number of benzene rings is 2. The second-order valence-corrected chi connectivity index (χ2v) is 9.12. The summed E-state index contributed by atoms with van der Waals surface area (Å²) in [5, 5.41) is 22.5. The zero-order valence-corrected chi connectivity index (χ0v) is 18.2. The molecular weight excluding hydrogens is 396 g/mol. The van der Waals surface area contributed by atoms with Crippen LogP contribution in [-0.4, -0.2) is 65.1 Å². The number of anilines is 1. The first-order valence-corrected chi connectivity index (χ1v) is 10.6. The molecule has 0 radical (unpaired) electrons. The minimum atomic E-state index is -2.12. The first-order chi connectivity index (χ1) is 14.7. The molecule has 1 saturated heterocycles. The molecule has 0 spiro atoms. The van der Waals surface area contributed by atoms with Crippen LogP contribution in [0.5, 0.6) is 0 Å². The molecule has 2 N–H and O–H groups in total. The lowest BCUT2D eigenvalue weighted by atomic mass is 9.90. The van der Waals surface area contributed by atoms with Crippen molar-refractivity contribution in [1.29, 1.82) is 0 Å². The summed E-state index contributed by atoms with van der Waals surface area (Å²) >= 11 is 0. The van der Waals surface area contributed by atoms with E-state index in [1.54, 1.807) is 9.80 Å². The van der Waals surface area contributed by atoms with Crippen LogP contribution in [0.3, 0.4) is 0 Å². The Kier molecular flexibility index (Phi) is 5.68. The molecule has 31 heavy (non-hydrogen) atoms. The number of ether oxygens (including phenoxy) is 2. The maximum atomic E-state index is 12.5. The Bertz CT molecular complexity index is 925. The standard InChI is InChI=1S/C24H30N2O5/c1-23(2,3)31-22(27)25-13-14-30-18(15-25)16-26-20-12-8-7-11-19(20)21(24(26,28)29)17-9-5-4-6-10-17/h4-12,18,21,28-29H,13-16H2,1-3H3. The number of hydrogen-bond donors (Lipinski definition) is 2. The molecule has 2 unspecified atom stereocenters. The normalized spacial score (nSPS) is 22.9. The van der Waals surface area contributed by atoms with Gasteiger partial charge in [-0.1, -0.05) is 48.5 Å². The average Bonchev–Trinajstić information content (AvgIpc) is 2.94. The Morgan fingerprint density at radius 2 is 1.81 bits per heavy atom. The van der Waals surface area contributed by atoms with Crippen LogP contribution in [0.1, 0.15) is 37.8 Å². The summed E-state index contributed by atoms with van der Waals surface area (Å²) < 4.78 is 11.4. The van der Waals surface area contributed by atoms with Crippen molar-refractivity contribution in [3.63, 3.8) is 0 Å². The Morgan fingerprint density at radius 1 is 1.13 bits per heavy atom. The average molecular weight is 427 g/mol. The second-order valence-electron chi connectivity index (χ2n) is 9.12. The highest BCUT2D eigenvalue weighted by Gasteiger charge is 2.51. The lowest BCUT2D eigenvalue weighted by Gasteiger charge is -2.39. The van der Waals surface area contributed by atoms with E-state index in [-0.39, 0.29) is 18.7 Å². The third-order valence-corrected chi connectivity index (χ3v) is 5.63. The Labute approximate surface area is 182 Å². The van der Waals surface area contributed by atoms with Gasteiger partial charge in [0.1, 0.15) is 5.60 Å². The van der Waals surface area contributed by atoms with E-state index in [4.69, 9.17) is 9.47 Å². The van der Waals surface area contributed by atoms with Crippen molar-refractivity contribution in [3.05, 3.63) is 65.7 Å². The fraction of sp³-hybridized carbons (Fsp3) is 0.458. The van der Waals surface area contributed by atoms with Crippen molar-refractivity contribution >= 4 is 11.8 Å². The summed E-state index contributed by atoms with van der Waals surface area (Å²) in [6, 6.07) is 17.1. The Balaban J connectivity index is 1.56. The van der Waals surface area contributed by atoms with Gasteiger partial charge in [0, 0.05) is 12.2 Å². The molecule has 0 aliphatic carbocycles. The minimum absolute atomic E-state index is 0.229. The summed E-state index contributed by atoms with van der Waals surface area (Å²) in [7, 11) is 0. The fourth-order valence-electron chi connectivity index (χ4n) is 4.33. The van der Waals surface area contributed by atoms with Crippen molar-refractivity contribution in [2.45, 2.75) is 44.3 Å². The lowest BCUT2D eigenvalue weighted by molar-refractivity contribution is -0.168. The van der Waals surface area contributed by atoms with Gasteiger partial charge in [-0.3, -0.25) is 0 Å². The molecule has 0 aromatic heterocycles. The van der Waals surface area contributed by atoms with E-state index in [1.165, 1.54) is 0 Å². The molecule has 4 rings (SSSR count). The smallest absolute Gasteiger partial charge is 0.410 e. The zero-order chi connectivity index (χ0) is 22.2. The first-order valence-electron chi connectivity index (χ1n) is 10.6. The van der Waals surface area contributed by atoms with Gasteiger partial charge in [-0.05, 0) is 38.0 Å². The number of carbonyl (C=O) groups is 1. The molecule has 2 aliphatic heterocycles. The predicted molar refractivity (Wildman–Crippen MR) is 117 cm³/mol. The number of nitrogens with zero attached hydrogens (tertiary/aromatic N) is 2. The van der Waals surface area contributed by atoms with Gasteiger partial charge < -0.3 is 29.5 Å². The molecule has 7 nitrogen and oxygen atoms in total. The van der Waals surface area contributed by atoms with Crippen LogP contribution in [0.15, 0.2) is 54.6 Å². The van der Waals surface area contributed by atoms with Crippen molar-refractivity contribution in [1.82, 2.24) is 4.90 Å². The molecule has 0 bridgehead atoms. The number of fused-ring (bicyclic) bond motifs is 1. The van der Waals surface area contributed by atoms with Crippen LogP contribution in [0.2, 0.25) is 0 Å². The first kappa shape index (κ1) is 21.6. The number of morpholine rings is 1. The third kappa shape index (κ3) is 4.39. The summed E-state index contributed by atoms with van der Waals surface area (Å²) in [4.78, 5) is 15.7. The molecule has 2 atom stereocenters. The van der Waals surface area contributed by atoms with Crippen LogP contribution in [0.25, 0.3) is 0 Å². The Morgan fingerprint density at radius 3 is 2.52 bits per heavy atom. The topological polar surface area (TPSA) is 82.5 Å². The SMILES string of the molecule is CC(C)(C)OC(=O)N1CCOC(CN2c3ccccc3C(c3ccccc3)C2(O)O)C1. The largest absolute Gasteiger partial charge is 0.444 e. The molecule has 0 saturated carbocycles. The summed E-state index contributed by atoms with van der Waals surface area (Å²) in [5.41, 5.74) is 1.84. The molecule has 2 aromatic rings. The van der Waals surface area contributed by atoms with E-state index in [0.29, 0.717) is 19.7 Å². The van der Waals surface area contributed by atoms with Crippen LogP contribution >= 0.6 is 0 Å². The van der Waals surface area contributed by atoms with Gasteiger partial charge in [0.2, 0.25) is 0 Å². The quantitative estimate of drug-likeness (QED) is 0.735. The molecule has 7 heteroatoms. The Hall–Kier alpha value is -2.61. The molecule has 2 aromatic carbocycles. The number of para-hydroxylation sites is 1. The number of amides is 1. The summed E-state index contributed by atoms with van der Waals surface area (Å²) in [6.07, 6.45) is -0.772. The highest BCUT2D eigenvalue weighted by molar-refractivity contribution is 5.68. The van der Waals surface area contributed by atoms with Crippen molar-refractivity contribution in [2.24, 2.45) is 0 Å². The van der Waals surface area contributed by atoms with Crippen LogP contribution in [0.4, 0.5) is 10.5 Å². The fourth-order valence-corrected chi connectivity index (χ4v) is 4.33. The van der Waals surface area contributed by atoms with Gasteiger partial charge in [0.25, 0.3) is 5.91 Å². The molecule has 2 heterocycles.